The maximum atomic E-state index is 10.9. The molecule has 0 aromatic heterocycles. The third kappa shape index (κ3) is 5.98. The third-order valence-electron chi connectivity index (χ3n) is 4.43. The van der Waals surface area contributed by atoms with Crippen LogP contribution in [0, 0.1) is 13.8 Å². The number of carbonyl (C=O) groups is 1. The zero-order chi connectivity index (χ0) is 20.0. The van der Waals surface area contributed by atoms with Crippen molar-refractivity contribution in [1.29, 1.82) is 0 Å². The average molecular weight is 373 g/mol. The molecule has 0 bridgehead atoms. The summed E-state index contributed by atoms with van der Waals surface area (Å²) in [4.78, 5) is 20.7. The second kappa shape index (κ2) is 9.39. The Balaban J connectivity index is 1.95. The molecule has 2 aromatic rings. The molecule has 6 nitrogen and oxygen atoms in total. The fourth-order valence-corrected chi connectivity index (χ4v) is 2.85. The van der Waals surface area contributed by atoms with E-state index in [1.165, 1.54) is 6.92 Å². The molecule has 0 unspecified atom stereocenters. The van der Waals surface area contributed by atoms with Gasteiger partial charge in [-0.05, 0) is 74.2 Å². The molecule has 0 saturated carbocycles. The molecule has 0 heterocycles. The van der Waals surface area contributed by atoms with Crippen molar-refractivity contribution in [2.75, 3.05) is 6.54 Å². The topological polar surface area (TPSA) is 88.0 Å². The van der Waals surface area contributed by atoms with Gasteiger partial charge in [-0.1, -0.05) is 18.2 Å². The van der Waals surface area contributed by atoms with Crippen molar-refractivity contribution < 1.29 is 24.8 Å². The molecule has 0 fully saturated rings. The number of carbonyl (C=O) groups excluding carboxylic acids is 1. The molecule has 0 aliphatic rings. The number of rotatable bonds is 8. The maximum Gasteiger partial charge on any atom is 0.352 e. The average Bonchev–Trinajstić information content (AvgIpc) is 2.62. The Kier molecular flexibility index (Phi) is 7.21. The fraction of sp³-hybridized carbons (Fsp3) is 0.381. The largest absolute Gasteiger partial charge is 0.508 e. The minimum atomic E-state index is -0.674. The molecule has 2 atom stereocenters. The molecule has 2 rings (SSSR count). The summed E-state index contributed by atoms with van der Waals surface area (Å²) >= 11 is 0. The Morgan fingerprint density at radius 2 is 1.85 bits per heavy atom. The van der Waals surface area contributed by atoms with Gasteiger partial charge in [0.1, 0.15) is 5.75 Å². The van der Waals surface area contributed by atoms with Crippen molar-refractivity contribution in [2.45, 2.75) is 46.3 Å². The van der Waals surface area contributed by atoms with E-state index in [-0.39, 0.29) is 11.8 Å². The standard InChI is InChI=1S/C21H27NO5/c1-13-11-18(14(2)20(12-13)27-26-16(4)23)9-10-22-15(3)21(25)17-5-7-19(24)8-6-17/h5-8,11-12,15,21-22,24-25H,9-10H2,1-4H3/t15-,21-/m0/s1. The first kappa shape index (κ1) is 20.7. The molecule has 6 heteroatoms. The third-order valence-corrected chi connectivity index (χ3v) is 4.43. The lowest BCUT2D eigenvalue weighted by molar-refractivity contribution is -0.211. The van der Waals surface area contributed by atoms with Crippen LogP contribution in [0.4, 0.5) is 0 Å². The van der Waals surface area contributed by atoms with E-state index >= 15 is 0 Å². The number of aliphatic hydroxyl groups excluding tert-OH is 1. The summed E-state index contributed by atoms with van der Waals surface area (Å²) in [7, 11) is 0. The van der Waals surface area contributed by atoms with Gasteiger partial charge in [-0.25, -0.2) is 4.79 Å². The van der Waals surface area contributed by atoms with Gasteiger partial charge in [0.2, 0.25) is 0 Å². The first-order chi connectivity index (χ1) is 12.8. The first-order valence-corrected chi connectivity index (χ1v) is 8.93. The van der Waals surface area contributed by atoms with E-state index in [9.17, 15) is 15.0 Å². The number of aliphatic hydroxyl groups is 1. The van der Waals surface area contributed by atoms with Gasteiger partial charge in [-0.15, -0.1) is 0 Å². The summed E-state index contributed by atoms with van der Waals surface area (Å²) in [5.74, 6) is 0.196. The molecular weight excluding hydrogens is 346 g/mol. The van der Waals surface area contributed by atoms with Gasteiger partial charge in [-0.2, -0.15) is 0 Å². The summed E-state index contributed by atoms with van der Waals surface area (Å²) < 4.78 is 0. The number of phenolic OH excluding ortho intramolecular Hbond substituents is 1. The fourth-order valence-electron chi connectivity index (χ4n) is 2.85. The highest BCUT2D eigenvalue weighted by atomic mass is 17.2. The predicted octanol–water partition coefficient (Wildman–Crippen LogP) is 3.12. The van der Waals surface area contributed by atoms with E-state index in [1.807, 2.05) is 26.8 Å². The lowest BCUT2D eigenvalue weighted by Crippen LogP contribution is -2.33. The normalized spacial score (nSPS) is 13.1. The lowest BCUT2D eigenvalue weighted by atomic mass is 10.0. The van der Waals surface area contributed by atoms with E-state index in [0.717, 1.165) is 28.7 Å². The molecule has 146 valence electrons. The molecule has 0 radical (unpaired) electrons. The molecule has 0 aliphatic heterocycles. The molecule has 0 saturated heterocycles. The number of aryl methyl sites for hydroxylation is 1. The SMILES string of the molecule is CC(=O)OOc1cc(C)cc(CCN[C@@H](C)[C@H](O)c2ccc(O)cc2)c1C. The highest BCUT2D eigenvalue weighted by Gasteiger charge is 2.16. The van der Waals surface area contributed by atoms with E-state index in [0.29, 0.717) is 12.3 Å². The number of benzene rings is 2. The van der Waals surface area contributed by atoms with E-state index in [4.69, 9.17) is 4.89 Å². The second-order valence-electron chi connectivity index (χ2n) is 6.73. The van der Waals surface area contributed by atoms with Crippen molar-refractivity contribution in [3.05, 3.63) is 58.7 Å². The summed E-state index contributed by atoms with van der Waals surface area (Å²) in [5, 5.41) is 23.1. The minimum Gasteiger partial charge on any atom is -0.508 e. The van der Waals surface area contributed by atoms with Crippen LogP contribution in [0.2, 0.25) is 0 Å². The summed E-state index contributed by atoms with van der Waals surface area (Å²) in [5.41, 5.74) is 3.75. The van der Waals surface area contributed by atoms with Crippen LogP contribution in [0.15, 0.2) is 36.4 Å². The summed E-state index contributed by atoms with van der Waals surface area (Å²) in [6.45, 7) is 7.73. The van der Waals surface area contributed by atoms with E-state index < -0.39 is 12.1 Å². The van der Waals surface area contributed by atoms with Crippen molar-refractivity contribution in [3.63, 3.8) is 0 Å². The van der Waals surface area contributed by atoms with Crippen LogP contribution >= 0.6 is 0 Å². The Morgan fingerprint density at radius 3 is 2.48 bits per heavy atom. The molecule has 0 amide bonds. The highest BCUT2D eigenvalue weighted by Crippen LogP contribution is 2.25. The Hall–Kier alpha value is -2.57. The number of hydrogen-bond acceptors (Lipinski definition) is 6. The van der Waals surface area contributed by atoms with Gasteiger partial charge < -0.3 is 15.5 Å². The van der Waals surface area contributed by atoms with E-state index in [1.54, 1.807) is 24.3 Å². The maximum absolute atomic E-state index is 10.9. The van der Waals surface area contributed by atoms with Crippen molar-refractivity contribution in [1.82, 2.24) is 5.32 Å². The number of nitrogens with one attached hydrogen (secondary N) is 1. The number of aromatic hydroxyl groups is 1. The second-order valence-corrected chi connectivity index (χ2v) is 6.73. The number of phenols is 1. The van der Waals surface area contributed by atoms with Crippen LogP contribution < -0.4 is 10.2 Å². The molecule has 2 aromatic carbocycles. The van der Waals surface area contributed by atoms with Crippen LogP contribution in [0.3, 0.4) is 0 Å². The zero-order valence-corrected chi connectivity index (χ0v) is 16.2. The summed E-state index contributed by atoms with van der Waals surface area (Å²) in [6.07, 6.45) is 0.0587. The number of hydrogen-bond donors (Lipinski definition) is 3. The van der Waals surface area contributed by atoms with Gasteiger partial charge in [0.15, 0.2) is 5.75 Å². The molecule has 0 aliphatic carbocycles. The molecule has 27 heavy (non-hydrogen) atoms. The predicted molar refractivity (Wildman–Crippen MR) is 103 cm³/mol. The lowest BCUT2D eigenvalue weighted by Gasteiger charge is -2.21. The van der Waals surface area contributed by atoms with Crippen LogP contribution in [0.25, 0.3) is 0 Å². The monoisotopic (exact) mass is 373 g/mol. The quantitative estimate of drug-likeness (QED) is 0.487. The van der Waals surface area contributed by atoms with Gasteiger partial charge in [0, 0.05) is 13.0 Å². The van der Waals surface area contributed by atoms with Gasteiger partial charge >= 0.3 is 5.97 Å². The van der Waals surface area contributed by atoms with Gasteiger partial charge in [-0.3, -0.25) is 9.78 Å². The van der Waals surface area contributed by atoms with E-state index in [2.05, 4.69) is 16.3 Å². The summed E-state index contributed by atoms with van der Waals surface area (Å²) in [6, 6.07) is 10.3. The van der Waals surface area contributed by atoms with Crippen LogP contribution in [0.5, 0.6) is 11.5 Å². The highest BCUT2D eigenvalue weighted by molar-refractivity contribution is 5.65. The van der Waals surface area contributed by atoms with Crippen LogP contribution in [-0.2, 0) is 16.1 Å². The molecule has 3 N–H and O–H groups in total. The minimum absolute atomic E-state index is 0.156. The first-order valence-electron chi connectivity index (χ1n) is 8.93. The molecular formula is C21H27NO5. The van der Waals surface area contributed by atoms with Crippen LogP contribution in [-0.4, -0.2) is 28.8 Å². The van der Waals surface area contributed by atoms with Crippen molar-refractivity contribution >= 4 is 5.97 Å². The Bertz CT molecular complexity index is 773. The van der Waals surface area contributed by atoms with Gasteiger partial charge in [0.05, 0.1) is 6.10 Å². The van der Waals surface area contributed by atoms with Crippen molar-refractivity contribution in [2.24, 2.45) is 0 Å². The Morgan fingerprint density at radius 1 is 1.19 bits per heavy atom. The van der Waals surface area contributed by atoms with Crippen molar-refractivity contribution in [3.8, 4) is 11.5 Å². The Labute approximate surface area is 159 Å². The zero-order valence-electron chi connectivity index (χ0n) is 16.2. The molecule has 0 spiro atoms. The van der Waals surface area contributed by atoms with Crippen LogP contribution in [0.1, 0.15) is 42.2 Å². The van der Waals surface area contributed by atoms with Gasteiger partial charge in [0.25, 0.3) is 0 Å². The smallest absolute Gasteiger partial charge is 0.352 e.